The predicted molar refractivity (Wildman–Crippen MR) is 91.3 cm³/mol. The van der Waals surface area contributed by atoms with Crippen LogP contribution in [-0.2, 0) is 14.2 Å². The molecule has 0 N–H and O–H groups in total. The SMILES string of the molecule is C[C@@]1(COC(=O)c2ccccc2)C[C@@H](OC(=O)c2ccccc2)CO1. The third-order valence-electron chi connectivity index (χ3n) is 4.08. The van der Waals surface area contributed by atoms with Crippen molar-refractivity contribution in [3.63, 3.8) is 0 Å². The van der Waals surface area contributed by atoms with E-state index in [0.717, 1.165) is 0 Å². The zero-order valence-corrected chi connectivity index (χ0v) is 14.0. The van der Waals surface area contributed by atoms with E-state index in [-0.39, 0.29) is 25.3 Å². The lowest BCUT2D eigenvalue weighted by Crippen LogP contribution is -2.32. The first kappa shape index (κ1) is 17.2. The Morgan fingerprint density at radius 3 is 2.16 bits per heavy atom. The van der Waals surface area contributed by atoms with Gasteiger partial charge in [0.15, 0.2) is 0 Å². The van der Waals surface area contributed by atoms with Crippen molar-refractivity contribution in [2.24, 2.45) is 0 Å². The Bertz CT molecular complexity index is 728. The Morgan fingerprint density at radius 2 is 1.56 bits per heavy atom. The topological polar surface area (TPSA) is 61.8 Å². The molecule has 0 saturated carbocycles. The minimum Gasteiger partial charge on any atom is -0.459 e. The molecule has 0 radical (unpaired) electrons. The van der Waals surface area contributed by atoms with E-state index in [1.54, 1.807) is 48.5 Å². The minimum atomic E-state index is -0.661. The molecule has 25 heavy (non-hydrogen) atoms. The molecule has 0 unspecified atom stereocenters. The van der Waals surface area contributed by atoms with E-state index in [9.17, 15) is 9.59 Å². The van der Waals surface area contributed by atoms with Crippen LogP contribution >= 0.6 is 0 Å². The molecule has 0 spiro atoms. The van der Waals surface area contributed by atoms with Gasteiger partial charge in [-0.05, 0) is 31.2 Å². The number of carbonyl (C=O) groups excluding carboxylic acids is 2. The fraction of sp³-hybridized carbons (Fsp3) is 0.300. The average Bonchev–Trinajstić information content (AvgIpc) is 3.02. The summed E-state index contributed by atoms with van der Waals surface area (Å²) in [4.78, 5) is 24.1. The van der Waals surface area contributed by atoms with Gasteiger partial charge in [0.25, 0.3) is 0 Å². The number of benzene rings is 2. The highest BCUT2D eigenvalue weighted by Crippen LogP contribution is 2.28. The van der Waals surface area contributed by atoms with Gasteiger partial charge < -0.3 is 14.2 Å². The first-order valence-corrected chi connectivity index (χ1v) is 8.18. The molecular weight excluding hydrogens is 320 g/mol. The molecule has 0 aliphatic carbocycles. The van der Waals surface area contributed by atoms with Crippen molar-refractivity contribution in [1.82, 2.24) is 0 Å². The van der Waals surface area contributed by atoms with Gasteiger partial charge in [0.1, 0.15) is 18.3 Å². The Balaban J connectivity index is 1.51. The minimum absolute atomic E-state index is 0.111. The lowest BCUT2D eigenvalue weighted by Gasteiger charge is -2.22. The number of esters is 2. The summed E-state index contributed by atoms with van der Waals surface area (Å²) in [6.07, 6.45) is 0.126. The molecule has 0 bridgehead atoms. The molecule has 2 aromatic rings. The van der Waals surface area contributed by atoms with Crippen molar-refractivity contribution in [2.45, 2.75) is 25.0 Å². The molecule has 1 fully saturated rings. The van der Waals surface area contributed by atoms with Gasteiger partial charge in [0, 0.05) is 6.42 Å². The summed E-state index contributed by atoms with van der Waals surface area (Å²) in [5, 5.41) is 0. The van der Waals surface area contributed by atoms with Crippen molar-refractivity contribution >= 4 is 11.9 Å². The number of ether oxygens (including phenoxy) is 3. The van der Waals surface area contributed by atoms with Crippen LogP contribution in [-0.4, -0.2) is 36.9 Å². The number of carbonyl (C=O) groups is 2. The molecule has 2 atom stereocenters. The van der Waals surface area contributed by atoms with Crippen molar-refractivity contribution < 1.29 is 23.8 Å². The maximum absolute atomic E-state index is 12.1. The van der Waals surface area contributed by atoms with E-state index in [4.69, 9.17) is 14.2 Å². The Hall–Kier alpha value is -2.66. The number of hydrogen-bond acceptors (Lipinski definition) is 5. The summed E-state index contributed by atoms with van der Waals surface area (Å²) in [6, 6.07) is 17.6. The molecule has 1 aliphatic heterocycles. The standard InChI is InChI=1S/C20H20O5/c1-20(14-23-18(21)15-8-4-2-5-9-15)12-17(13-24-20)25-19(22)16-10-6-3-7-11-16/h2-11,17H,12-14H2,1H3/t17-,20+/m1/s1. The fourth-order valence-corrected chi connectivity index (χ4v) is 2.74. The fourth-order valence-electron chi connectivity index (χ4n) is 2.74. The number of rotatable bonds is 5. The Labute approximate surface area is 146 Å². The van der Waals surface area contributed by atoms with Crippen LogP contribution in [0, 0.1) is 0 Å². The summed E-state index contributed by atoms with van der Waals surface area (Å²) >= 11 is 0. The van der Waals surface area contributed by atoms with Crippen molar-refractivity contribution in [2.75, 3.05) is 13.2 Å². The summed E-state index contributed by atoms with van der Waals surface area (Å²) < 4.78 is 16.6. The summed E-state index contributed by atoms with van der Waals surface area (Å²) in [6.45, 7) is 2.25. The highest BCUT2D eigenvalue weighted by molar-refractivity contribution is 5.89. The summed E-state index contributed by atoms with van der Waals surface area (Å²) in [5.41, 5.74) is 0.342. The number of hydrogen-bond donors (Lipinski definition) is 0. The van der Waals surface area contributed by atoms with Gasteiger partial charge in [-0.15, -0.1) is 0 Å². The van der Waals surface area contributed by atoms with Crippen LogP contribution in [0.25, 0.3) is 0 Å². The molecule has 1 heterocycles. The monoisotopic (exact) mass is 340 g/mol. The largest absolute Gasteiger partial charge is 0.459 e. The van der Waals surface area contributed by atoms with Crippen LogP contribution < -0.4 is 0 Å². The zero-order chi connectivity index (χ0) is 17.7. The van der Waals surface area contributed by atoms with E-state index in [0.29, 0.717) is 17.5 Å². The van der Waals surface area contributed by atoms with Gasteiger partial charge in [-0.2, -0.15) is 0 Å². The molecule has 3 rings (SSSR count). The van der Waals surface area contributed by atoms with Crippen molar-refractivity contribution in [3.8, 4) is 0 Å². The van der Waals surface area contributed by atoms with Crippen LogP contribution in [0.15, 0.2) is 60.7 Å². The van der Waals surface area contributed by atoms with Gasteiger partial charge >= 0.3 is 11.9 Å². The second kappa shape index (κ2) is 7.49. The van der Waals surface area contributed by atoms with Crippen molar-refractivity contribution in [1.29, 1.82) is 0 Å². The molecule has 5 nitrogen and oxygen atoms in total. The first-order valence-electron chi connectivity index (χ1n) is 8.18. The second-order valence-corrected chi connectivity index (χ2v) is 6.30. The highest BCUT2D eigenvalue weighted by atomic mass is 16.6. The van der Waals surface area contributed by atoms with E-state index < -0.39 is 11.6 Å². The quantitative estimate of drug-likeness (QED) is 0.782. The van der Waals surface area contributed by atoms with E-state index in [1.807, 2.05) is 19.1 Å². The van der Waals surface area contributed by atoms with Crippen molar-refractivity contribution in [3.05, 3.63) is 71.8 Å². The molecule has 0 amide bonds. The van der Waals surface area contributed by atoms with Gasteiger partial charge in [-0.3, -0.25) is 0 Å². The maximum atomic E-state index is 12.1. The van der Waals surface area contributed by atoms with Crippen LogP contribution in [0.4, 0.5) is 0 Å². The molecule has 1 saturated heterocycles. The third kappa shape index (κ3) is 4.45. The van der Waals surface area contributed by atoms with E-state index >= 15 is 0 Å². The highest BCUT2D eigenvalue weighted by Gasteiger charge is 2.39. The summed E-state index contributed by atoms with van der Waals surface area (Å²) in [7, 11) is 0. The van der Waals surface area contributed by atoms with Crippen LogP contribution in [0.1, 0.15) is 34.1 Å². The lowest BCUT2D eigenvalue weighted by atomic mass is 10.0. The van der Waals surface area contributed by atoms with Crippen LogP contribution in [0.5, 0.6) is 0 Å². The Morgan fingerprint density at radius 1 is 1.00 bits per heavy atom. The van der Waals surface area contributed by atoms with Gasteiger partial charge in [0.2, 0.25) is 0 Å². The van der Waals surface area contributed by atoms with Gasteiger partial charge in [0.05, 0.1) is 17.7 Å². The first-order chi connectivity index (χ1) is 12.1. The van der Waals surface area contributed by atoms with E-state index in [1.165, 1.54) is 0 Å². The maximum Gasteiger partial charge on any atom is 0.338 e. The average molecular weight is 340 g/mol. The van der Waals surface area contributed by atoms with Crippen LogP contribution in [0.2, 0.25) is 0 Å². The molecular formula is C20H20O5. The molecule has 5 heteroatoms. The smallest absolute Gasteiger partial charge is 0.338 e. The molecule has 1 aliphatic rings. The molecule has 130 valence electrons. The van der Waals surface area contributed by atoms with E-state index in [2.05, 4.69) is 0 Å². The zero-order valence-electron chi connectivity index (χ0n) is 14.0. The predicted octanol–water partition coefficient (Wildman–Crippen LogP) is 3.25. The normalized spacial score (nSPS) is 22.4. The Kier molecular flexibility index (Phi) is 5.14. The van der Waals surface area contributed by atoms with Crippen LogP contribution in [0.3, 0.4) is 0 Å². The molecule has 0 aromatic heterocycles. The lowest BCUT2D eigenvalue weighted by molar-refractivity contribution is -0.0390. The molecule has 2 aromatic carbocycles. The third-order valence-corrected chi connectivity index (χ3v) is 4.08. The van der Waals surface area contributed by atoms with Gasteiger partial charge in [-0.25, -0.2) is 9.59 Å². The second-order valence-electron chi connectivity index (χ2n) is 6.30. The summed E-state index contributed by atoms with van der Waals surface area (Å²) in [5.74, 6) is -0.769. The van der Waals surface area contributed by atoms with Gasteiger partial charge in [-0.1, -0.05) is 36.4 Å².